The number of rotatable bonds is 9. The molecular weight excluding hydrogens is 310 g/mol. The average molecular weight is 341 g/mol. The number of allylic oxidation sites excluding steroid dienone is 1. The van der Waals surface area contributed by atoms with Crippen molar-refractivity contribution in [3.63, 3.8) is 0 Å². The van der Waals surface area contributed by atoms with Gasteiger partial charge in [-0.3, -0.25) is 9.59 Å². The van der Waals surface area contributed by atoms with Gasteiger partial charge in [0.1, 0.15) is 5.60 Å². The lowest BCUT2D eigenvalue weighted by Gasteiger charge is -2.19. The highest BCUT2D eigenvalue weighted by atomic mass is 16.6. The number of hydrogen-bond acceptors (Lipinski definition) is 4. The first-order chi connectivity index (χ1) is 11.1. The monoisotopic (exact) mass is 341 g/mol. The maximum Gasteiger partial charge on any atom is 0.407 e. The van der Waals surface area contributed by atoms with Crippen molar-refractivity contribution in [3.05, 3.63) is 11.6 Å². The summed E-state index contributed by atoms with van der Waals surface area (Å²) >= 11 is 0. The summed E-state index contributed by atoms with van der Waals surface area (Å²) in [5.41, 5.74) is 0.472. The predicted octanol–water partition coefficient (Wildman–Crippen LogP) is 1.88. The molecule has 0 aromatic carbocycles. The second kappa shape index (κ2) is 11.5. The van der Waals surface area contributed by atoms with Crippen LogP contribution in [0.15, 0.2) is 11.6 Å². The highest BCUT2D eigenvalue weighted by Crippen LogP contribution is 2.06. The molecule has 7 heteroatoms. The molecule has 3 amide bonds. The molecule has 7 nitrogen and oxygen atoms in total. The Morgan fingerprint density at radius 2 is 1.62 bits per heavy atom. The van der Waals surface area contributed by atoms with Gasteiger partial charge in [0.25, 0.3) is 0 Å². The van der Waals surface area contributed by atoms with Crippen molar-refractivity contribution in [3.8, 4) is 0 Å². The summed E-state index contributed by atoms with van der Waals surface area (Å²) in [7, 11) is 0. The zero-order chi connectivity index (χ0) is 18.6. The number of alkyl carbamates (subject to hydrolysis) is 1. The lowest BCUT2D eigenvalue weighted by molar-refractivity contribution is -0.120. The van der Waals surface area contributed by atoms with Crippen LogP contribution in [0.25, 0.3) is 0 Å². The van der Waals surface area contributed by atoms with E-state index in [1.807, 2.05) is 13.8 Å². The lowest BCUT2D eigenvalue weighted by Crippen LogP contribution is -2.35. The van der Waals surface area contributed by atoms with Gasteiger partial charge in [-0.05, 0) is 40.5 Å². The Labute approximate surface area is 144 Å². The Bertz CT molecular complexity index is 453. The molecule has 0 fully saturated rings. The highest BCUT2D eigenvalue weighted by molar-refractivity contribution is 5.88. The fourth-order valence-corrected chi connectivity index (χ4v) is 1.59. The first kappa shape index (κ1) is 21.9. The first-order valence-electron chi connectivity index (χ1n) is 8.32. The standard InChI is InChI=1S/C17H31N3O4/c1-6-13(2)12-15(22)19-10-7-9-18-14(21)8-11-20-16(23)24-17(3,4)5/h12H,6-11H2,1-5H3,(H,18,21)(H,19,22)(H,20,23)/b13-12+. The second-order valence-corrected chi connectivity index (χ2v) is 6.52. The van der Waals surface area contributed by atoms with Crippen LogP contribution in [0.2, 0.25) is 0 Å². The summed E-state index contributed by atoms with van der Waals surface area (Å²) < 4.78 is 5.06. The van der Waals surface area contributed by atoms with Crippen molar-refractivity contribution >= 4 is 17.9 Å². The minimum Gasteiger partial charge on any atom is -0.444 e. The molecular formula is C17H31N3O4. The molecule has 24 heavy (non-hydrogen) atoms. The lowest BCUT2D eigenvalue weighted by atomic mass is 10.2. The van der Waals surface area contributed by atoms with Crippen LogP contribution in [0.3, 0.4) is 0 Å². The van der Waals surface area contributed by atoms with E-state index in [9.17, 15) is 14.4 Å². The Morgan fingerprint density at radius 1 is 1.00 bits per heavy atom. The maximum atomic E-state index is 11.6. The number of ether oxygens (including phenoxy) is 1. The van der Waals surface area contributed by atoms with Crippen molar-refractivity contribution in [2.75, 3.05) is 19.6 Å². The molecule has 0 saturated carbocycles. The molecule has 138 valence electrons. The molecule has 0 aliphatic carbocycles. The fraction of sp³-hybridized carbons (Fsp3) is 0.706. The third kappa shape index (κ3) is 13.6. The van der Waals surface area contributed by atoms with Gasteiger partial charge in [0, 0.05) is 32.1 Å². The Kier molecular flexibility index (Phi) is 10.5. The van der Waals surface area contributed by atoms with E-state index in [4.69, 9.17) is 4.74 Å². The summed E-state index contributed by atoms with van der Waals surface area (Å²) in [5.74, 6) is -0.263. The zero-order valence-corrected chi connectivity index (χ0v) is 15.5. The number of carbonyl (C=O) groups excluding carboxylic acids is 3. The summed E-state index contributed by atoms with van der Waals surface area (Å²) in [6, 6.07) is 0. The summed E-state index contributed by atoms with van der Waals surface area (Å²) in [6.07, 6.45) is 2.73. The first-order valence-corrected chi connectivity index (χ1v) is 8.32. The Morgan fingerprint density at radius 3 is 2.21 bits per heavy atom. The van der Waals surface area contributed by atoms with E-state index < -0.39 is 11.7 Å². The molecule has 0 aliphatic rings. The largest absolute Gasteiger partial charge is 0.444 e. The molecule has 0 atom stereocenters. The van der Waals surface area contributed by atoms with E-state index in [-0.39, 0.29) is 24.8 Å². The van der Waals surface area contributed by atoms with Crippen LogP contribution >= 0.6 is 0 Å². The van der Waals surface area contributed by atoms with Crippen LogP contribution in [0, 0.1) is 0 Å². The molecule has 0 aromatic heterocycles. The molecule has 3 N–H and O–H groups in total. The van der Waals surface area contributed by atoms with E-state index in [1.54, 1.807) is 26.8 Å². The van der Waals surface area contributed by atoms with Crippen molar-refractivity contribution in [1.82, 2.24) is 16.0 Å². The van der Waals surface area contributed by atoms with Gasteiger partial charge >= 0.3 is 6.09 Å². The third-order valence-corrected chi connectivity index (χ3v) is 2.93. The molecule has 0 unspecified atom stereocenters. The maximum absolute atomic E-state index is 11.6. The van der Waals surface area contributed by atoms with Crippen LogP contribution in [-0.4, -0.2) is 43.1 Å². The van der Waals surface area contributed by atoms with Crippen LogP contribution in [0.5, 0.6) is 0 Å². The summed E-state index contributed by atoms with van der Waals surface area (Å²) in [4.78, 5) is 34.5. The number of nitrogens with one attached hydrogen (secondary N) is 3. The van der Waals surface area contributed by atoms with Gasteiger partial charge in [-0.25, -0.2) is 4.79 Å². The smallest absolute Gasteiger partial charge is 0.407 e. The topological polar surface area (TPSA) is 96.5 Å². The van der Waals surface area contributed by atoms with E-state index in [0.29, 0.717) is 19.5 Å². The van der Waals surface area contributed by atoms with Crippen LogP contribution < -0.4 is 16.0 Å². The SMILES string of the molecule is CC/C(C)=C/C(=O)NCCCNC(=O)CCNC(=O)OC(C)(C)C. The summed E-state index contributed by atoms with van der Waals surface area (Å²) in [6.45, 7) is 10.4. The Hall–Kier alpha value is -2.05. The number of hydrogen-bond donors (Lipinski definition) is 3. The molecule has 0 heterocycles. The predicted molar refractivity (Wildman–Crippen MR) is 93.5 cm³/mol. The van der Waals surface area contributed by atoms with Crippen LogP contribution in [-0.2, 0) is 14.3 Å². The van der Waals surface area contributed by atoms with Gasteiger partial charge < -0.3 is 20.7 Å². The molecule has 0 saturated heterocycles. The van der Waals surface area contributed by atoms with Crippen molar-refractivity contribution < 1.29 is 19.1 Å². The minimum absolute atomic E-state index is 0.109. The van der Waals surface area contributed by atoms with Crippen LogP contribution in [0.4, 0.5) is 4.79 Å². The molecule has 0 aromatic rings. The van der Waals surface area contributed by atoms with E-state index in [0.717, 1.165) is 12.0 Å². The van der Waals surface area contributed by atoms with E-state index in [2.05, 4.69) is 16.0 Å². The van der Waals surface area contributed by atoms with Crippen molar-refractivity contribution in [2.45, 2.75) is 59.5 Å². The van der Waals surface area contributed by atoms with Gasteiger partial charge in [-0.2, -0.15) is 0 Å². The second-order valence-electron chi connectivity index (χ2n) is 6.52. The van der Waals surface area contributed by atoms with Gasteiger partial charge in [-0.1, -0.05) is 12.5 Å². The average Bonchev–Trinajstić information content (AvgIpc) is 2.44. The van der Waals surface area contributed by atoms with Gasteiger partial charge in [0.05, 0.1) is 0 Å². The van der Waals surface area contributed by atoms with Crippen molar-refractivity contribution in [2.24, 2.45) is 0 Å². The molecule has 0 spiro atoms. The van der Waals surface area contributed by atoms with Gasteiger partial charge in [0.2, 0.25) is 11.8 Å². The minimum atomic E-state index is -0.554. The quantitative estimate of drug-likeness (QED) is 0.441. The normalized spacial score (nSPS) is 11.6. The third-order valence-electron chi connectivity index (χ3n) is 2.93. The highest BCUT2D eigenvalue weighted by Gasteiger charge is 2.15. The van der Waals surface area contributed by atoms with Crippen molar-refractivity contribution in [1.29, 1.82) is 0 Å². The van der Waals surface area contributed by atoms with Gasteiger partial charge in [-0.15, -0.1) is 0 Å². The Balaban J connectivity index is 3.67. The summed E-state index contributed by atoms with van der Waals surface area (Å²) in [5, 5.41) is 8.02. The number of amides is 3. The molecule has 0 radical (unpaired) electrons. The fourth-order valence-electron chi connectivity index (χ4n) is 1.59. The molecule has 0 bridgehead atoms. The molecule has 0 rings (SSSR count). The van der Waals surface area contributed by atoms with E-state index in [1.165, 1.54) is 0 Å². The van der Waals surface area contributed by atoms with E-state index >= 15 is 0 Å². The van der Waals surface area contributed by atoms with Gasteiger partial charge in [0.15, 0.2) is 0 Å². The molecule has 0 aliphatic heterocycles. The number of carbonyl (C=O) groups is 3. The van der Waals surface area contributed by atoms with Crippen LogP contribution in [0.1, 0.15) is 53.9 Å². The zero-order valence-electron chi connectivity index (χ0n) is 15.5.